The Morgan fingerprint density at radius 3 is 2.31 bits per heavy atom. The number of ether oxygens (including phenoxy) is 2. The average molecular weight is 504 g/mol. The summed E-state index contributed by atoms with van der Waals surface area (Å²) in [7, 11) is -3.83. The number of nitrogens with zero attached hydrogens (tertiary/aromatic N) is 2. The largest absolute Gasteiger partial charge is 0.454 e. The van der Waals surface area contributed by atoms with Crippen LogP contribution in [-0.4, -0.2) is 56.8 Å². The van der Waals surface area contributed by atoms with Gasteiger partial charge in [-0.3, -0.25) is 13.9 Å². The van der Waals surface area contributed by atoms with Crippen LogP contribution in [0.4, 0.5) is 5.69 Å². The molecule has 1 aliphatic rings. The van der Waals surface area contributed by atoms with Crippen LogP contribution >= 0.6 is 0 Å². The molecule has 0 aromatic heterocycles. The van der Waals surface area contributed by atoms with Crippen LogP contribution in [-0.2, 0) is 26.2 Å². The van der Waals surface area contributed by atoms with Crippen molar-refractivity contribution in [2.75, 3.05) is 23.9 Å². The van der Waals surface area contributed by atoms with Crippen molar-refractivity contribution < 1.29 is 27.5 Å². The summed E-state index contributed by atoms with van der Waals surface area (Å²) >= 11 is 0. The molecule has 1 atom stereocenters. The molecule has 0 radical (unpaired) electrons. The summed E-state index contributed by atoms with van der Waals surface area (Å²) in [6.07, 6.45) is 1.41. The Balaban J connectivity index is 1.94. The Morgan fingerprint density at radius 2 is 1.71 bits per heavy atom. The van der Waals surface area contributed by atoms with Crippen LogP contribution in [0.1, 0.15) is 38.3 Å². The summed E-state index contributed by atoms with van der Waals surface area (Å²) < 4.78 is 37.1. The normalized spacial score (nSPS) is 13.4. The van der Waals surface area contributed by atoms with E-state index in [4.69, 9.17) is 9.47 Å². The number of carbonyl (C=O) groups excluding carboxylic acids is 2. The molecule has 10 heteroatoms. The van der Waals surface area contributed by atoms with E-state index >= 15 is 0 Å². The van der Waals surface area contributed by atoms with E-state index in [-0.39, 0.29) is 31.0 Å². The van der Waals surface area contributed by atoms with Crippen LogP contribution in [0.25, 0.3) is 0 Å². The number of nitrogens with one attached hydrogen (secondary N) is 1. The number of rotatable bonds is 10. The van der Waals surface area contributed by atoms with Crippen molar-refractivity contribution in [3.8, 4) is 11.5 Å². The van der Waals surface area contributed by atoms with Gasteiger partial charge in [-0.1, -0.05) is 36.8 Å². The van der Waals surface area contributed by atoms with Crippen LogP contribution in [0.5, 0.6) is 11.5 Å². The maximum atomic E-state index is 13.7. The van der Waals surface area contributed by atoms with Crippen molar-refractivity contribution in [2.24, 2.45) is 0 Å². The van der Waals surface area contributed by atoms with Crippen LogP contribution < -0.4 is 19.1 Å². The van der Waals surface area contributed by atoms with Gasteiger partial charge in [0.1, 0.15) is 12.6 Å². The Labute approximate surface area is 207 Å². The standard InChI is InChI=1S/C25H33N3O6S/c1-6-21(25(30)26-17(2)3)27(14-19-9-7-18(4)8-10-19)24(29)15-28(35(5,31)32)20-11-12-22-23(13-20)34-16-33-22/h7-13,17,21H,6,14-16H2,1-5H3,(H,26,30). The summed E-state index contributed by atoms with van der Waals surface area (Å²) in [6, 6.07) is 11.5. The number of hydrogen-bond acceptors (Lipinski definition) is 6. The van der Waals surface area contributed by atoms with Crippen LogP contribution in [0, 0.1) is 6.92 Å². The number of amides is 2. The molecule has 1 heterocycles. The Bertz CT molecular complexity index is 1160. The SMILES string of the molecule is CCC(C(=O)NC(C)C)N(Cc1ccc(C)cc1)C(=O)CN(c1ccc2c(c1)OCO2)S(C)(=O)=O. The topological polar surface area (TPSA) is 105 Å². The van der Waals surface area contributed by atoms with E-state index in [2.05, 4.69) is 5.32 Å². The molecule has 2 amide bonds. The molecule has 2 aromatic carbocycles. The molecule has 3 rings (SSSR count). The molecular weight excluding hydrogens is 470 g/mol. The first-order valence-corrected chi connectivity index (χ1v) is 13.4. The van der Waals surface area contributed by atoms with Crippen LogP contribution in [0.3, 0.4) is 0 Å². The Hall–Kier alpha value is -3.27. The summed E-state index contributed by atoms with van der Waals surface area (Å²) in [6.45, 7) is 7.24. The second-order valence-electron chi connectivity index (χ2n) is 8.90. The lowest BCUT2D eigenvalue weighted by atomic mass is 10.1. The first kappa shape index (κ1) is 26.3. The van der Waals surface area contributed by atoms with Crippen molar-refractivity contribution in [1.82, 2.24) is 10.2 Å². The third-order valence-electron chi connectivity index (χ3n) is 5.61. The summed E-state index contributed by atoms with van der Waals surface area (Å²) in [5, 5.41) is 2.87. The van der Waals surface area contributed by atoms with Crippen molar-refractivity contribution in [3.05, 3.63) is 53.6 Å². The first-order chi connectivity index (χ1) is 16.5. The number of aryl methyl sites for hydroxylation is 1. The van der Waals surface area contributed by atoms with Crippen molar-refractivity contribution in [1.29, 1.82) is 0 Å². The minimum Gasteiger partial charge on any atom is -0.454 e. The smallest absolute Gasteiger partial charge is 0.244 e. The van der Waals surface area contributed by atoms with Gasteiger partial charge in [-0.25, -0.2) is 8.42 Å². The molecule has 0 fully saturated rings. The maximum absolute atomic E-state index is 13.7. The Kier molecular flexibility index (Phi) is 8.26. The molecule has 0 saturated carbocycles. The maximum Gasteiger partial charge on any atom is 0.244 e. The van der Waals surface area contributed by atoms with Gasteiger partial charge >= 0.3 is 0 Å². The molecule has 0 spiro atoms. The second kappa shape index (κ2) is 11.0. The summed E-state index contributed by atoms with van der Waals surface area (Å²) in [5.74, 6) is 0.144. The number of carbonyl (C=O) groups is 2. The van der Waals surface area contributed by atoms with Crippen molar-refractivity contribution in [3.63, 3.8) is 0 Å². The van der Waals surface area contributed by atoms with Gasteiger partial charge in [-0.15, -0.1) is 0 Å². The highest BCUT2D eigenvalue weighted by Crippen LogP contribution is 2.36. The van der Waals surface area contributed by atoms with Crippen LogP contribution in [0.15, 0.2) is 42.5 Å². The fraction of sp³-hybridized carbons (Fsp3) is 0.440. The lowest BCUT2D eigenvalue weighted by Gasteiger charge is -2.33. The highest BCUT2D eigenvalue weighted by Gasteiger charge is 2.32. The van der Waals surface area contributed by atoms with E-state index < -0.39 is 28.5 Å². The predicted octanol–water partition coefficient (Wildman–Crippen LogP) is 2.82. The first-order valence-electron chi connectivity index (χ1n) is 11.5. The lowest BCUT2D eigenvalue weighted by Crippen LogP contribution is -2.53. The van der Waals surface area contributed by atoms with Crippen molar-refractivity contribution >= 4 is 27.5 Å². The van der Waals surface area contributed by atoms with Gasteiger partial charge in [0.15, 0.2) is 11.5 Å². The molecular formula is C25H33N3O6S. The van der Waals surface area contributed by atoms with Gasteiger partial charge in [-0.05, 0) is 44.9 Å². The highest BCUT2D eigenvalue weighted by atomic mass is 32.2. The van der Waals surface area contributed by atoms with E-state index in [9.17, 15) is 18.0 Å². The zero-order valence-corrected chi connectivity index (χ0v) is 21.6. The van der Waals surface area contributed by atoms with Crippen molar-refractivity contribution in [2.45, 2.75) is 52.7 Å². The number of anilines is 1. The average Bonchev–Trinajstić information content (AvgIpc) is 3.25. The van der Waals surface area contributed by atoms with Crippen LogP contribution in [0.2, 0.25) is 0 Å². The van der Waals surface area contributed by atoms with E-state index in [1.54, 1.807) is 12.1 Å². The van der Waals surface area contributed by atoms with E-state index in [0.29, 0.717) is 17.9 Å². The molecule has 190 valence electrons. The number of fused-ring (bicyclic) bond motifs is 1. The quantitative estimate of drug-likeness (QED) is 0.535. The molecule has 0 bridgehead atoms. The molecule has 0 aliphatic carbocycles. The van der Waals surface area contributed by atoms with E-state index in [1.807, 2.05) is 52.0 Å². The molecule has 2 aromatic rings. The zero-order valence-electron chi connectivity index (χ0n) is 20.8. The number of benzene rings is 2. The number of sulfonamides is 1. The molecule has 1 unspecified atom stereocenters. The van der Waals surface area contributed by atoms with Gasteiger partial charge in [0.05, 0.1) is 11.9 Å². The third kappa shape index (κ3) is 6.66. The van der Waals surface area contributed by atoms with Gasteiger partial charge < -0.3 is 19.7 Å². The fourth-order valence-electron chi connectivity index (χ4n) is 3.84. The molecule has 9 nitrogen and oxygen atoms in total. The molecule has 1 aliphatic heterocycles. The third-order valence-corrected chi connectivity index (χ3v) is 6.75. The molecule has 35 heavy (non-hydrogen) atoms. The Morgan fingerprint density at radius 1 is 1.06 bits per heavy atom. The monoisotopic (exact) mass is 503 g/mol. The zero-order chi connectivity index (χ0) is 25.8. The van der Waals surface area contributed by atoms with E-state index in [0.717, 1.165) is 21.7 Å². The predicted molar refractivity (Wildman–Crippen MR) is 134 cm³/mol. The fourth-order valence-corrected chi connectivity index (χ4v) is 4.69. The van der Waals surface area contributed by atoms with Gasteiger partial charge in [0.25, 0.3) is 0 Å². The molecule has 1 N–H and O–H groups in total. The number of hydrogen-bond donors (Lipinski definition) is 1. The molecule has 0 saturated heterocycles. The summed E-state index contributed by atoms with van der Waals surface area (Å²) in [4.78, 5) is 28.1. The summed E-state index contributed by atoms with van der Waals surface area (Å²) in [5.41, 5.74) is 2.19. The highest BCUT2D eigenvalue weighted by molar-refractivity contribution is 7.92. The van der Waals surface area contributed by atoms with E-state index in [1.165, 1.54) is 11.0 Å². The van der Waals surface area contributed by atoms with Gasteiger partial charge in [0.2, 0.25) is 28.6 Å². The minimum absolute atomic E-state index is 0.0457. The lowest BCUT2D eigenvalue weighted by molar-refractivity contribution is -0.140. The minimum atomic E-state index is -3.83. The van der Waals surface area contributed by atoms with Gasteiger partial charge in [-0.2, -0.15) is 0 Å². The second-order valence-corrected chi connectivity index (χ2v) is 10.8. The van der Waals surface area contributed by atoms with Gasteiger partial charge in [0, 0.05) is 18.7 Å².